The van der Waals surface area contributed by atoms with Crippen LogP contribution in [0.15, 0.2) is 42.5 Å². The zero-order valence-electron chi connectivity index (χ0n) is 13.0. The van der Waals surface area contributed by atoms with Gasteiger partial charge in [0, 0.05) is 19.2 Å². The number of aromatic amines is 1. The Morgan fingerprint density at radius 3 is 2.64 bits per heavy atom. The number of methoxy groups -OCH3 is 2. The first kappa shape index (κ1) is 14.3. The number of rotatable bonds is 5. The SMILES string of the molecule is COc1ccc(OC)c(CN(C)c2nc3ccccc3[nH]2)c1. The molecule has 0 radical (unpaired) electrons. The molecule has 0 unspecified atom stereocenters. The maximum absolute atomic E-state index is 5.43. The van der Waals surface area contributed by atoms with Gasteiger partial charge < -0.3 is 19.4 Å². The monoisotopic (exact) mass is 297 g/mol. The topological polar surface area (TPSA) is 50.4 Å². The molecule has 22 heavy (non-hydrogen) atoms. The molecule has 0 aliphatic carbocycles. The van der Waals surface area contributed by atoms with E-state index in [0.29, 0.717) is 6.54 Å². The van der Waals surface area contributed by atoms with Crippen LogP contribution >= 0.6 is 0 Å². The fourth-order valence-electron chi connectivity index (χ4n) is 2.46. The van der Waals surface area contributed by atoms with Crippen molar-refractivity contribution in [2.24, 2.45) is 0 Å². The second kappa shape index (κ2) is 5.97. The predicted molar refractivity (Wildman–Crippen MR) is 87.7 cm³/mol. The van der Waals surface area contributed by atoms with E-state index in [4.69, 9.17) is 9.47 Å². The number of nitrogens with zero attached hydrogens (tertiary/aromatic N) is 2. The molecule has 3 rings (SSSR count). The van der Waals surface area contributed by atoms with Crippen molar-refractivity contribution in [2.45, 2.75) is 6.54 Å². The van der Waals surface area contributed by atoms with E-state index >= 15 is 0 Å². The standard InChI is InChI=1S/C17H19N3O2/c1-20(17-18-14-6-4-5-7-15(14)19-17)11-12-10-13(21-2)8-9-16(12)22-3/h4-10H,11H2,1-3H3,(H,18,19). The smallest absolute Gasteiger partial charge is 0.203 e. The molecule has 0 saturated heterocycles. The lowest BCUT2D eigenvalue weighted by atomic mass is 10.2. The lowest BCUT2D eigenvalue weighted by Gasteiger charge is -2.18. The molecule has 0 saturated carbocycles. The van der Waals surface area contributed by atoms with Crippen LogP contribution in [-0.2, 0) is 6.54 Å². The summed E-state index contributed by atoms with van der Waals surface area (Å²) < 4.78 is 10.7. The van der Waals surface area contributed by atoms with E-state index in [2.05, 4.69) is 14.9 Å². The first-order chi connectivity index (χ1) is 10.7. The van der Waals surface area contributed by atoms with Crippen molar-refractivity contribution in [3.8, 4) is 11.5 Å². The van der Waals surface area contributed by atoms with Crippen LogP contribution in [0.5, 0.6) is 11.5 Å². The number of ether oxygens (including phenoxy) is 2. The fourth-order valence-corrected chi connectivity index (χ4v) is 2.46. The van der Waals surface area contributed by atoms with E-state index in [1.165, 1.54) is 0 Å². The third-order valence-corrected chi connectivity index (χ3v) is 3.63. The van der Waals surface area contributed by atoms with Crippen molar-refractivity contribution in [3.05, 3.63) is 48.0 Å². The van der Waals surface area contributed by atoms with Gasteiger partial charge in [-0.1, -0.05) is 12.1 Å². The molecule has 5 heteroatoms. The number of imidazole rings is 1. The van der Waals surface area contributed by atoms with Crippen molar-refractivity contribution < 1.29 is 9.47 Å². The van der Waals surface area contributed by atoms with Crippen molar-refractivity contribution in [3.63, 3.8) is 0 Å². The minimum atomic E-state index is 0.667. The molecule has 0 aliphatic rings. The van der Waals surface area contributed by atoms with E-state index in [-0.39, 0.29) is 0 Å². The zero-order chi connectivity index (χ0) is 15.5. The Kier molecular flexibility index (Phi) is 3.87. The summed E-state index contributed by atoms with van der Waals surface area (Å²) in [7, 11) is 5.33. The van der Waals surface area contributed by atoms with Gasteiger partial charge in [-0.25, -0.2) is 4.98 Å². The molecule has 0 atom stereocenters. The number of hydrogen-bond acceptors (Lipinski definition) is 4. The van der Waals surface area contributed by atoms with E-state index in [1.807, 2.05) is 49.5 Å². The molecule has 0 spiro atoms. The van der Waals surface area contributed by atoms with Crippen LogP contribution < -0.4 is 14.4 Å². The fraction of sp³-hybridized carbons (Fsp3) is 0.235. The summed E-state index contributed by atoms with van der Waals surface area (Å²) in [6.07, 6.45) is 0. The Morgan fingerprint density at radius 1 is 1.09 bits per heavy atom. The Hall–Kier alpha value is -2.69. The van der Waals surface area contributed by atoms with Gasteiger partial charge in [-0.15, -0.1) is 0 Å². The van der Waals surface area contributed by atoms with Gasteiger partial charge in [0.1, 0.15) is 11.5 Å². The summed E-state index contributed by atoms with van der Waals surface area (Å²) in [6, 6.07) is 13.8. The average molecular weight is 297 g/mol. The third-order valence-electron chi connectivity index (χ3n) is 3.63. The summed E-state index contributed by atoms with van der Waals surface area (Å²) >= 11 is 0. The highest BCUT2D eigenvalue weighted by Gasteiger charge is 2.11. The number of anilines is 1. The Balaban J connectivity index is 1.88. The van der Waals surface area contributed by atoms with Crippen LogP contribution in [0.3, 0.4) is 0 Å². The highest BCUT2D eigenvalue weighted by Crippen LogP contribution is 2.26. The number of fused-ring (bicyclic) bond motifs is 1. The first-order valence-corrected chi connectivity index (χ1v) is 7.08. The van der Waals surface area contributed by atoms with Crippen molar-refractivity contribution in [2.75, 3.05) is 26.2 Å². The second-order valence-corrected chi connectivity index (χ2v) is 5.11. The number of benzene rings is 2. The maximum Gasteiger partial charge on any atom is 0.203 e. The normalized spacial score (nSPS) is 10.7. The van der Waals surface area contributed by atoms with E-state index in [0.717, 1.165) is 34.0 Å². The molecule has 0 amide bonds. The van der Waals surface area contributed by atoms with Gasteiger partial charge in [0.2, 0.25) is 5.95 Å². The molecule has 0 fully saturated rings. The van der Waals surface area contributed by atoms with Crippen molar-refractivity contribution in [1.82, 2.24) is 9.97 Å². The quantitative estimate of drug-likeness (QED) is 0.785. The zero-order valence-corrected chi connectivity index (χ0v) is 13.0. The molecule has 0 bridgehead atoms. The molecule has 1 N–H and O–H groups in total. The van der Waals surface area contributed by atoms with Gasteiger partial charge in [-0.05, 0) is 30.3 Å². The maximum atomic E-state index is 5.43. The second-order valence-electron chi connectivity index (χ2n) is 5.11. The summed E-state index contributed by atoms with van der Waals surface area (Å²) in [5.41, 5.74) is 3.04. The summed E-state index contributed by atoms with van der Waals surface area (Å²) in [5.74, 6) is 2.48. The molecule has 3 aromatic rings. The molecular weight excluding hydrogens is 278 g/mol. The van der Waals surface area contributed by atoms with Crippen LogP contribution in [0, 0.1) is 0 Å². The Morgan fingerprint density at radius 2 is 1.91 bits per heavy atom. The predicted octanol–water partition coefficient (Wildman–Crippen LogP) is 3.22. The van der Waals surface area contributed by atoms with E-state index in [1.54, 1.807) is 14.2 Å². The van der Waals surface area contributed by atoms with Crippen LogP contribution in [0.2, 0.25) is 0 Å². The summed E-state index contributed by atoms with van der Waals surface area (Å²) in [5, 5.41) is 0. The average Bonchev–Trinajstić information content (AvgIpc) is 2.99. The lowest BCUT2D eigenvalue weighted by molar-refractivity contribution is 0.398. The van der Waals surface area contributed by atoms with Gasteiger partial charge in [-0.3, -0.25) is 0 Å². The van der Waals surface area contributed by atoms with Gasteiger partial charge in [-0.2, -0.15) is 0 Å². The van der Waals surface area contributed by atoms with Crippen molar-refractivity contribution >= 4 is 17.0 Å². The number of nitrogens with one attached hydrogen (secondary N) is 1. The number of aromatic nitrogens is 2. The highest BCUT2D eigenvalue weighted by molar-refractivity contribution is 5.77. The van der Waals surface area contributed by atoms with Gasteiger partial charge in [0.05, 0.1) is 25.3 Å². The molecule has 5 nitrogen and oxygen atoms in total. The Labute approximate surface area is 129 Å². The van der Waals surface area contributed by atoms with E-state index < -0.39 is 0 Å². The third kappa shape index (κ3) is 2.70. The lowest BCUT2D eigenvalue weighted by Crippen LogP contribution is -2.18. The van der Waals surface area contributed by atoms with Crippen LogP contribution in [0.4, 0.5) is 5.95 Å². The van der Waals surface area contributed by atoms with Gasteiger partial charge in [0.15, 0.2) is 0 Å². The molecule has 1 aromatic heterocycles. The Bertz CT molecular complexity index is 749. The molecular formula is C17H19N3O2. The van der Waals surface area contributed by atoms with Crippen LogP contribution in [0.25, 0.3) is 11.0 Å². The summed E-state index contributed by atoms with van der Waals surface area (Å²) in [6.45, 7) is 0.667. The van der Waals surface area contributed by atoms with Crippen molar-refractivity contribution in [1.29, 1.82) is 0 Å². The first-order valence-electron chi connectivity index (χ1n) is 7.08. The van der Waals surface area contributed by atoms with Crippen LogP contribution in [-0.4, -0.2) is 31.2 Å². The highest BCUT2D eigenvalue weighted by atomic mass is 16.5. The minimum Gasteiger partial charge on any atom is -0.497 e. The summed E-state index contributed by atoms with van der Waals surface area (Å²) in [4.78, 5) is 9.98. The molecule has 0 aliphatic heterocycles. The number of para-hydroxylation sites is 2. The molecule has 114 valence electrons. The van der Waals surface area contributed by atoms with Crippen LogP contribution in [0.1, 0.15) is 5.56 Å². The number of hydrogen-bond donors (Lipinski definition) is 1. The van der Waals surface area contributed by atoms with E-state index in [9.17, 15) is 0 Å². The van der Waals surface area contributed by atoms with Gasteiger partial charge in [0.25, 0.3) is 0 Å². The largest absolute Gasteiger partial charge is 0.497 e. The molecule has 2 aromatic carbocycles. The minimum absolute atomic E-state index is 0.667. The molecule has 1 heterocycles. The van der Waals surface area contributed by atoms with Gasteiger partial charge >= 0.3 is 0 Å². The number of H-pyrrole nitrogens is 1.